The molecule has 4 aromatic carbocycles. The summed E-state index contributed by atoms with van der Waals surface area (Å²) in [6.45, 7) is 0. The van der Waals surface area contributed by atoms with Crippen LogP contribution in [0.25, 0.3) is 11.6 Å². The van der Waals surface area contributed by atoms with E-state index in [1.54, 1.807) is 0 Å². The highest BCUT2D eigenvalue weighted by Crippen LogP contribution is 2.54. The molecule has 0 spiro atoms. The third-order valence-electron chi connectivity index (χ3n) is 7.83. The van der Waals surface area contributed by atoms with Gasteiger partial charge in [-0.15, -0.1) is 0 Å². The van der Waals surface area contributed by atoms with Gasteiger partial charge in [0.2, 0.25) is 0 Å². The molecule has 186 valence electrons. The summed E-state index contributed by atoms with van der Waals surface area (Å²) in [6, 6.07) is 40.8. The van der Waals surface area contributed by atoms with Crippen LogP contribution in [0.1, 0.15) is 33.0 Å². The number of para-hydroxylation sites is 1. The maximum atomic E-state index is 14.5. The van der Waals surface area contributed by atoms with Crippen molar-refractivity contribution in [2.75, 3.05) is 4.90 Å². The largest absolute Gasteiger partial charge is 0.353 e. The maximum Gasteiger partial charge on any atom is 0.185 e. The minimum atomic E-state index is -0.548. The molecule has 39 heavy (non-hydrogen) atoms. The topological polar surface area (TPSA) is 67.9 Å². The van der Waals surface area contributed by atoms with Crippen LogP contribution in [0.3, 0.4) is 0 Å². The van der Waals surface area contributed by atoms with Crippen molar-refractivity contribution in [3.8, 4) is 12.1 Å². The lowest BCUT2D eigenvalue weighted by molar-refractivity contribution is 0.0953. The normalized spacial score (nSPS) is 20.7. The third-order valence-corrected chi connectivity index (χ3v) is 7.83. The Morgan fingerprint density at radius 2 is 1.26 bits per heavy atom. The zero-order chi connectivity index (χ0) is 26.8. The summed E-state index contributed by atoms with van der Waals surface area (Å²) in [7, 11) is 0. The molecular weight excluding hydrogens is 478 g/mol. The van der Waals surface area contributed by atoms with E-state index in [9.17, 15) is 15.3 Å². The van der Waals surface area contributed by atoms with Crippen LogP contribution in [0.5, 0.6) is 0 Å². The van der Waals surface area contributed by atoms with E-state index in [1.807, 2.05) is 91.0 Å². The van der Waals surface area contributed by atoms with Gasteiger partial charge in [0.05, 0.1) is 6.04 Å². The predicted molar refractivity (Wildman–Crippen MR) is 154 cm³/mol. The summed E-state index contributed by atoms with van der Waals surface area (Å²) < 4.78 is 0. The van der Waals surface area contributed by atoms with Crippen LogP contribution >= 0.6 is 0 Å². The van der Waals surface area contributed by atoms with Crippen LogP contribution in [-0.2, 0) is 0 Å². The summed E-state index contributed by atoms with van der Waals surface area (Å²) in [5.74, 6) is -0.622. The van der Waals surface area contributed by atoms with Gasteiger partial charge in [-0.2, -0.15) is 10.5 Å². The second-order valence-electron chi connectivity index (χ2n) is 9.83. The average molecular weight is 504 g/mol. The Bertz CT molecular complexity index is 1640. The number of fused-ring (bicyclic) bond motifs is 3. The van der Waals surface area contributed by atoms with Crippen molar-refractivity contribution in [3.63, 3.8) is 0 Å². The SMILES string of the molecule is N#CC(C#N)=C(c1ccccc1)[C@@H]1[C@@H](c2ccccc2)[C@H](C(=O)c2ccccc2)N2c3ccccc3C=C[C@H]12. The third kappa shape index (κ3) is 4.13. The Balaban J connectivity index is 1.67. The van der Waals surface area contributed by atoms with Crippen LogP contribution in [-0.4, -0.2) is 17.9 Å². The van der Waals surface area contributed by atoms with E-state index in [1.165, 1.54) is 0 Å². The number of rotatable bonds is 5. The highest BCUT2D eigenvalue weighted by atomic mass is 16.1. The van der Waals surface area contributed by atoms with Gasteiger partial charge in [-0.1, -0.05) is 121 Å². The first kappa shape index (κ1) is 24.2. The number of nitriles is 2. The molecule has 4 atom stereocenters. The van der Waals surface area contributed by atoms with Gasteiger partial charge in [-0.3, -0.25) is 4.79 Å². The summed E-state index contributed by atoms with van der Waals surface area (Å²) >= 11 is 0. The molecule has 4 aromatic rings. The molecule has 0 amide bonds. The van der Waals surface area contributed by atoms with Gasteiger partial charge < -0.3 is 4.90 Å². The highest BCUT2D eigenvalue weighted by molar-refractivity contribution is 6.04. The van der Waals surface area contributed by atoms with Crippen molar-refractivity contribution in [1.29, 1.82) is 10.5 Å². The number of carbonyl (C=O) groups is 1. The second-order valence-corrected chi connectivity index (χ2v) is 9.83. The zero-order valence-corrected chi connectivity index (χ0v) is 21.2. The molecule has 1 saturated heterocycles. The van der Waals surface area contributed by atoms with Gasteiger partial charge in [0.25, 0.3) is 0 Å². The number of allylic oxidation sites excluding steroid dienone is 1. The van der Waals surface area contributed by atoms with Gasteiger partial charge in [-0.05, 0) is 28.3 Å². The molecule has 0 radical (unpaired) electrons. The lowest BCUT2D eigenvalue weighted by Gasteiger charge is -2.36. The van der Waals surface area contributed by atoms with Crippen molar-refractivity contribution in [1.82, 2.24) is 0 Å². The molecule has 2 heterocycles. The van der Waals surface area contributed by atoms with E-state index in [0.29, 0.717) is 11.1 Å². The predicted octanol–water partition coefficient (Wildman–Crippen LogP) is 7.05. The summed E-state index contributed by atoms with van der Waals surface area (Å²) in [6.07, 6.45) is 4.23. The number of carbonyl (C=O) groups excluding carboxylic acids is 1. The number of Topliss-reactive ketones (excluding diaryl/α,β-unsaturated/α-hetero) is 1. The fourth-order valence-corrected chi connectivity index (χ4v) is 6.27. The molecule has 0 bridgehead atoms. The molecule has 4 nitrogen and oxygen atoms in total. The quantitative estimate of drug-likeness (QED) is 0.216. The first-order valence-corrected chi connectivity index (χ1v) is 13.0. The summed E-state index contributed by atoms with van der Waals surface area (Å²) in [4.78, 5) is 16.7. The van der Waals surface area contributed by atoms with Gasteiger partial charge in [0.15, 0.2) is 5.78 Å². The fourth-order valence-electron chi connectivity index (χ4n) is 6.27. The monoisotopic (exact) mass is 503 g/mol. The van der Waals surface area contributed by atoms with E-state index < -0.39 is 6.04 Å². The summed E-state index contributed by atoms with van der Waals surface area (Å²) in [5, 5.41) is 20.3. The Morgan fingerprint density at radius 3 is 1.90 bits per heavy atom. The molecule has 0 N–H and O–H groups in total. The molecule has 2 aliphatic heterocycles. The Kier molecular flexibility index (Phi) is 6.37. The molecule has 0 aliphatic carbocycles. The van der Waals surface area contributed by atoms with Crippen LogP contribution in [0.15, 0.2) is 127 Å². The first-order valence-electron chi connectivity index (χ1n) is 13.0. The Hall–Kier alpha value is -5.19. The van der Waals surface area contributed by atoms with Crippen molar-refractivity contribution in [2.45, 2.75) is 18.0 Å². The van der Waals surface area contributed by atoms with Crippen molar-refractivity contribution < 1.29 is 4.79 Å². The number of ketones is 1. The first-order chi connectivity index (χ1) is 19.2. The fraction of sp³-hybridized carbons (Fsp3) is 0.114. The zero-order valence-electron chi connectivity index (χ0n) is 21.2. The van der Waals surface area contributed by atoms with Crippen LogP contribution in [0.4, 0.5) is 5.69 Å². The number of hydrogen-bond donors (Lipinski definition) is 0. The minimum Gasteiger partial charge on any atom is -0.353 e. The van der Waals surface area contributed by atoms with Gasteiger partial charge in [0, 0.05) is 23.1 Å². The van der Waals surface area contributed by atoms with Crippen molar-refractivity contribution in [3.05, 3.63) is 149 Å². The van der Waals surface area contributed by atoms with Crippen LogP contribution in [0.2, 0.25) is 0 Å². The summed E-state index contributed by atoms with van der Waals surface area (Å²) in [5.41, 5.74) is 5.23. The van der Waals surface area contributed by atoms with Gasteiger partial charge >= 0.3 is 0 Å². The molecule has 6 rings (SSSR count). The van der Waals surface area contributed by atoms with Crippen LogP contribution in [0, 0.1) is 28.6 Å². The Labute approximate surface area is 228 Å². The lowest BCUT2D eigenvalue weighted by Crippen LogP contribution is -2.43. The van der Waals surface area contributed by atoms with E-state index >= 15 is 0 Å². The molecule has 1 fully saturated rings. The number of hydrogen-bond acceptors (Lipinski definition) is 4. The molecule has 0 saturated carbocycles. The maximum absolute atomic E-state index is 14.5. The van der Waals surface area contributed by atoms with Crippen molar-refractivity contribution >= 4 is 23.1 Å². The van der Waals surface area contributed by atoms with Gasteiger partial charge in [-0.25, -0.2) is 0 Å². The molecule has 0 unspecified atom stereocenters. The lowest BCUT2D eigenvalue weighted by atomic mass is 9.73. The molecule has 2 aliphatic rings. The van der Waals surface area contributed by atoms with Crippen molar-refractivity contribution in [2.24, 2.45) is 5.92 Å². The highest BCUT2D eigenvalue weighted by Gasteiger charge is 2.54. The van der Waals surface area contributed by atoms with Crippen LogP contribution < -0.4 is 4.90 Å². The Morgan fingerprint density at radius 1 is 0.692 bits per heavy atom. The molecule has 4 heteroatoms. The number of benzene rings is 4. The average Bonchev–Trinajstić information content (AvgIpc) is 3.36. The molecular formula is C35H25N3O. The second kappa shape index (κ2) is 10.3. The number of nitrogens with zero attached hydrogens (tertiary/aromatic N) is 3. The van der Waals surface area contributed by atoms with E-state index in [-0.39, 0.29) is 29.2 Å². The standard InChI is InChI=1S/C35H25N3O/c36-22-28(23-37)31(25-13-4-1-5-14-25)33-30-21-20-24-12-10-11-19-29(24)38(30)34(32(33)26-15-6-2-7-16-26)35(39)27-17-8-3-9-18-27/h1-21,30,32-34H/t30-,32-,33-,34-/m1/s1. The number of anilines is 1. The van der Waals surface area contributed by atoms with E-state index in [2.05, 4.69) is 53.5 Å². The molecule has 0 aromatic heterocycles. The smallest absolute Gasteiger partial charge is 0.185 e. The van der Waals surface area contributed by atoms with E-state index in [0.717, 1.165) is 22.4 Å². The minimum absolute atomic E-state index is 0.0185. The van der Waals surface area contributed by atoms with E-state index in [4.69, 9.17) is 0 Å². The van der Waals surface area contributed by atoms with Gasteiger partial charge in [0.1, 0.15) is 23.8 Å².